The van der Waals surface area contributed by atoms with Crippen molar-refractivity contribution in [2.75, 3.05) is 12.9 Å². The van der Waals surface area contributed by atoms with Crippen LogP contribution in [0.4, 0.5) is 0 Å². The van der Waals surface area contributed by atoms with Gasteiger partial charge in [0.1, 0.15) is 5.78 Å². The van der Waals surface area contributed by atoms with Gasteiger partial charge in [-0.2, -0.15) is 0 Å². The van der Waals surface area contributed by atoms with Crippen LogP contribution < -0.4 is 0 Å². The van der Waals surface area contributed by atoms with Crippen molar-refractivity contribution in [1.82, 2.24) is 0 Å². The minimum atomic E-state index is -2.17. The van der Waals surface area contributed by atoms with Crippen molar-refractivity contribution in [2.24, 2.45) is 0 Å². The maximum absolute atomic E-state index is 12.3. The van der Waals surface area contributed by atoms with Gasteiger partial charge >= 0.3 is 0 Å². The Hall–Kier alpha value is -0.650. The molecular formula is C13H20O3S2. The first-order chi connectivity index (χ1) is 8.45. The molecule has 102 valence electrons. The van der Waals surface area contributed by atoms with Crippen molar-refractivity contribution in [2.45, 2.75) is 36.5 Å². The Kier molecular flexibility index (Phi) is 6.05. The number of carbonyl (C=O) groups is 1. The van der Waals surface area contributed by atoms with Gasteiger partial charge in [-0.1, -0.05) is 6.07 Å². The van der Waals surface area contributed by atoms with Gasteiger partial charge < -0.3 is 4.74 Å². The molecule has 0 amide bonds. The molecule has 1 aromatic rings. The largest absolute Gasteiger partial charge is 0.381 e. The molecule has 5 heteroatoms. The highest BCUT2D eigenvalue weighted by molar-refractivity contribution is 8.02. The highest BCUT2D eigenvalue weighted by Crippen LogP contribution is 2.19. The normalized spacial score (nSPS) is 16.1. The molecule has 0 spiro atoms. The Bertz CT molecular complexity index is 460. The summed E-state index contributed by atoms with van der Waals surface area (Å²) in [7, 11) is -0.566. The number of ketones is 1. The third-order valence-corrected chi connectivity index (χ3v) is 6.39. The molecule has 1 rings (SSSR count). The van der Waals surface area contributed by atoms with Gasteiger partial charge in [0.15, 0.2) is 0 Å². The molecule has 0 aliphatic rings. The molecule has 0 saturated heterocycles. The van der Waals surface area contributed by atoms with Crippen molar-refractivity contribution >= 4 is 32.5 Å². The zero-order chi connectivity index (χ0) is 13.6. The van der Waals surface area contributed by atoms with Gasteiger partial charge in [0.05, 0.1) is 10.3 Å². The smallest absolute Gasteiger partial charge is 0.132 e. The van der Waals surface area contributed by atoms with E-state index in [0.29, 0.717) is 12.2 Å². The van der Waals surface area contributed by atoms with E-state index in [1.807, 2.05) is 17.5 Å². The molecule has 0 saturated carbocycles. The first kappa shape index (κ1) is 15.4. The Morgan fingerprint density at radius 3 is 2.83 bits per heavy atom. The van der Waals surface area contributed by atoms with Gasteiger partial charge in [0.2, 0.25) is 0 Å². The number of hydrogen-bond acceptors (Lipinski definition) is 4. The number of thiophene rings is 1. The molecule has 0 bridgehead atoms. The van der Waals surface area contributed by atoms with E-state index >= 15 is 0 Å². The number of rotatable bonds is 8. The lowest BCUT2D eigenvalue weighted by Crippen LogP contribution is -2.16. The van der Waals surface area contributed by atoms with Crippen molar-refractivity contribution in [3.05, 3.63) is 17.5 Å². The van der Waals surface area contributed by atoms with E-state index in [1.54, 1.807) is 14.0 Å². The van der Waals surface area contributed by atoms with E-state index in [0.717, 1.165) is 17.1 Å². The predicted molar refractivity (Wildman–Crippen MR) is 78.0 cm³/mol. The molecule has 3 nitrogen and oxygen atoms in total. The molecule has 1 aromatic heterocycles. The molecule has 18 heavy (non-hydrogen) atoms. The van der Waals surface area contributed by atoms with Crippen LogP contribution in [-0.4, -0.2) is 34.8 Å². The second-order valence-electron chi connectivity index (χ2n) is 4.35. The van der Waals surface area contributed by atoms with Crippen LogP contribution in [-0.2, 0) is 19.1 Å². The zero-order valence-electron chi connectivity index (χ0n) is 10.9. The molecule has 2 atom stereocenters. The molecule has 1 heterocycles. The zero-order valence-corrected chi connectivity index (χ0v) is 12.5. The van der Waals surface area contributed by atoms with Crippen LogP contribution in [0.5, 0.6) is 0 Å². The van der Waals surface area contributed by atoms with Gasteiger partial charge in [-0.15, -0.1) is 11.3 Å². The number of Topliss-reactive ketones (excluding diaryl/α,β-unsaturated/α-hetero) is 1. The molecule has 0 radical (unpaired) electrons. The molecule has 0 N–H and O–H groups in total. The van der Waals surface area contributed by atoms with E-state index in [1.165, 1.54) is 11.3 Å². The van der Waals surface area contributed by atoms with Gasteiger partial charge in [0, 0.05) is 28.8 Å². The molecular weight excluding hydrogens is 268 g/mol. The Morgan fingerprint density at radius 2 is 2.33 bits per heavy atom. The lowest BCUT2D eigenvalue weighted by molar-refractivity contribution is -0.119. The van der Waals surface area contributed by atoms with Crippen LogP contribution in [0.1, 0.15) is 26.2 Å². The monoisotopic (exact) mass is 288 g/mol. The van der Waals surface area contributed by atoms with Crippen LogP contribution in [0.25, 0.3) is 0 Å². The minimum Gasteiger partial charge on any atom is -0.381 e. The van der Waals surface area contributed by atoms with Crippen molar-refractivity contribution in [1.29, 1.82) is 0 Å². The summed E-state index contributed by atoms with van der Waals surface area (Å²) in [6.07, 6.45) is 1.86. The topological polar surface area (TPSA) is 43.4 Å². The Morgan fingerprint density at radius 1 is 1.61 bits per heavy atom. The lowest BCUT2D eigenvalue weighted by Gasteiger charge is -2.14. The van der Waals surface area contributed by atoms with Crippen LogP contribution >= 0.6 is 11.3 Å². The summed E-state index contributed by atoms with van der Waals surface area (Å²) >= 11 is 1.48. The highest BCUT2D eigenvalue weighted by atomic mass is 32.2. The van der Waals surface area contributed by atoms with Crippen molar-refractivity contribution in [3.63, 3.8) is 0 Å². The van der Waals surface area contributed by atoms with E-state index in [4.69, 9.17) is 4.74 Å². The molecule has 0 aromatic carbocycles. The quantitative estimate of drug-likeness (QED) is 0.691. The summed E-state index contributed by atoms with van der Waals surface area (Å²) in [5.41, 5.74) is 0. The van der Waals surface area contributed by atoms with E-state index in [2.05, 4.69) is 5.87 Å². The summed E-state index contributed by atoms with van der Waals surface area (Å²) < 4.78 is 18.4. The van der Waals surface area contributed by atoms with Gasteiger partial charge in [-0.3, -0.25) is 9.00 Å². The fourth-order valence-corrected chi connectivity index (χ4v) is 4.47. The predicted octanol–water partition coefficient (Wildman–Crippen LogP) is 2.60. The first-order valence-corrected chi connectivity index (χ1v) is 8.64. The standard InChI is InChI=1S/C13H20O3S2/c1-11(14)10-12(16-2)6-5-9-18(3,15)13-7-4-8-17-13/h4,7-8,12H,3,5-6,9-10H2,1-2H3. The van der Waals surface area contributed by atoms with Gasteiger partial charge in [-0.05, 0) is 37.1 Å². The summed E-state index contributed by atoms with van der Waals surface area (Å²) in [5, 5.41) is 1.91. The van der Waals surface area contributed by atoms with E-state index in [-0.39, 0.29) is 11.9 Å². The van der Waals surface area contributed by atoms with Gasteiger partial charge in [0.25, 0.3) is 0 Å². The second-order valence-corrected chi connectivity index (χ2v) is 8.03. The maximum Gasteiger partial charge on any atom is 0.132 e. The van der Waals surface area contributed by atoms with Gasteiger partial charge in [-0.25, -0.2) is 0 Å². The third-order valence-electron chi connectivity index (χ3n) is 2.71. The second kappa shape index (κ2) is 7.07. The molecule has 2 unspecified atom stereocenters. The SMILES string of the molecule is C=S(=O)(CCCC(CC(C)=O)OC)c1cccs1. The third kappa shape index (κ3) is 4.92. The summed E-state index contributed by atoms with van der Waals surface area (Å²) in [6, 6.07) is 3.75. The maximum atomic E-state index is 12.3. The molecule has 0 aliphatic heterocycles. The number of methoxy groups -OCH3 is 1. The fraction of sp³-hybridized carbons (Fsp3) is 0.538. The van der Waals surface area contributed by atoms with Crippen molar-refractivity contribution in [3.8, 4) is 0 Å². The Labute approximate surface area is 113 Å². The highest BCUT2D eigenvalue weighted by Gasteiger charge is 2.13. The summed E-state index contributed by atoms with van der Waals surface area (Å²) in [6.45, 7) is 1.56. The van der Waals surface area contributed by atoms with Crippen LogP contribution in [0, 0.1) is 0 Å². The summed E-state index contributed by atoms with van der Waals surface area (Å²) in [5.74, 6) is 4.49. The minimum absolute atomic E-state index is 0.0685. The lowest BCUT2D eigenvalue weighted by atomic mass is 10.1. The molecule has 0 aliphatic carbocycles. The van der Waals surface area contributed by atoms with E-state index in [9.17, 15) is 9.00 Å². The average molecular weight is 288 g/mol. The molecule has 0 fully saturated rings. The van der Waals surface area contributed by atoms with Crippen LogP contribution in [0.2, 0.25) is 0 Å². The van der Waals surface area contributed by atoms with Crippen LogP contribution in [0.15, 0.2) is 21.7 Å². The number of hydrogen-bond donors (Lipinski definition) is 0. The van der Waals surface area contributed by atoms with Crippen LogP contribution in [0.3, 0.4) is 0 Å². The number of ether oxygens (including phenoxy) is 1. The first-order valence-electron chi connectivity index (χ1n) is 5.86. The number of carbonyl (C=O) groups excluding carboxylic acids is 1. The Balaban J connectivity index is 2.44. The van der Waals surface area contributed by atoms with Crippen molar-refractivity contribution < 1.29 is 13.7 Å². The van der Waals surface area contributed by atoms with E-state index < -0.39 is 9.52 Å². The fourth-order valence-electron chi connectivity index (χ4n) is 1.74. The average Bonchev–Trinajstić information content (AvgIpc) is 2.81. The summed E-state index contributed by atoms with van der Waals surface area (Å²) in [4.78, 5) is 11.0.